The Labute approximate surface area is 131 Å². The quantitative estimate of drug-likeness (QED) is 0.765. The maximum atomic E-state index is 12.3. The normalized spacial score (nSPS) is 10.8. The van der Waals surface area contributed by atoms with Crippen LogP contribution in [0.5, 0.6) is 0 Å². The molecule has 0 fully saturated rings. The number of anilines is 1. The van der Waals surface area contributed by atoms with E-state index in [0.717, 1.165) is 27.1 Å². The third kappa shape index (κ3) is 2.83. The summed E-state index contributed by atoms with van der Waals surface area (Å²) in [4.78, 5) is 16.7. The average Bonchev–Trinajstić information content (AvgIpc) is 2.80. The third-order valence-corrected chi connectivity index (χ3v) is 3.76. The molecular formula is C16H14BrN3O. The molecule has 1 amide bonds. The molecule has 2 heterocycles. The van der Waals surface area contributed by atoms with Gasteiger partial charge in [-0.15, -0.1) is 0 Å². The van der Waals surface area contributed by atoms with E-state index >= 15 is 0 Å². The predicted octanol–water partition coefficient (Wildman–Crippen LogP) is 3.97. The predicted molar refractivity (Wildman–Crippen MR) is 86.8 cm³/mol. The van der Waals surface area contributed by atoms with E-state index in [1.165, 1.54) is 0 Å². The highest BCUT2D eigenvalue weighted by Crippen LogP contribution is 2.20. The molecule has 0 spiro atoms. The molecule has 2 aromatic heterocycles. The molecule has 0 atom stereocenters. The summed E-state index contributed by atoms with van der Waals surface area (Å²) >= 11 is 3.41. The summed E-state index contributed by atoms with van der Waals surface area (Å²) in [6.45, 7) is 3.89. The Bertz CT molecular complexity index is 839. The number of halogens is 1. The van der Waals surface area contributed by atoms with Crippen LogP contribution in [0.25, 0.3) is 5.65 Å². The number of pyridine rings is 1. The fourth-order valence-electron chi connectivity index (χ4n) is 2.21. The zero-order valence-electron chi connectivity index (χ0n) is 11.7. The molecule has 0 saturated heterocycles. The van der Waals surface area contributed by atoms with E-state index in [1.54, 1.807) is 12.3 Å². The highest BCUT2D eigenvalue weighted by Gasteiger charge is 2.09. The van der Waals surface area contributed by atoms with E-state index in [2.05, 4.69) is 26.2 Å². The first-order valence-corrected chi connectivity index (χ1v) is 7.35. The molecule has 0 aliphatic carbocycles. The molecule has 1 aromatic carbocycles. The van der Waals surface area contributed by atoms with Crippen molar-refractivity contribution in [3.05, 3.63) is 64.0 Å². The Hall–Kier alpha value is -2.14. The second kappa shape index (κ2) is 5.33. The van der Waals surface area contributed by atoms with Crippen molar-refractivity contribution in [1.29, 1.82) is 0 Å². The first kappa shape index (κ1) is 13.8. The highest BCUT2D eigenvalue weighted by molar-refractivity contribution is 9.10. The Kier molecular flexibility index (Phi) is 3.51. The second-order valence-corrected chi connectivity index (χ2v) is 5.89. The van der Waals surface area contributed by atoms with E-state index in [9.17, 15) is 4.79 Å². The maximum Gasteiger partial charge on any atom is 0.257 e. The number of hydrogen-bond donors (Lipinski definition) is 1. The number of carbonyl (C=O) groups is 1. The molecule has 5 heteroatoms. The molecule has 21 heavy (non-hydrogen) atoms. The molecule has 0 saturated carbocycles. The summed E-state index contributed by atoms with van der Waals surface area (Å²) in [6.07, 6.45) is 3.69. The molecule has 3 rings (SSSR count). The van der Waals surface area contributed by atoms with Gasteiger partial charge in [-0.2, -0.15) is 0 Å². The number of rotatable bonds is 2. The molecule has 0 aliphatic rings. The van der Waals surface area contributed by atoms with Crippen molar-refractivity contribution in [1.82, 2.24) is 9.38 Å². The largest absolute Gasteiger partial charge is 0.322 e. The molecule has 3 aromatic rings. The van der Waals surface area contributed by atoms with E-state index in [4.69, 9.17) is 0 Å². The van der Waals surface area contributed by atoms with E-state index in [1.807, 2.05) is 48.7 Å². The summed E-state index contributed by atoms with van der Waals surface area (Å²) in [5, 5.41) is 2.93. The molecule has 106 valence electrons. The lowest BCUT2D eigenvalue weighted by molar-refractivity contribution is 0.102. The molecule has 1 N–H and O–H groups in total. The lowest BCUT2D eigenvalue weighted by atomic mass is 10.2. The van der Waals surface area contributed by atoms with Crippen molar-refractivity contribution < 1.29 is 4.79 Å². The summed E-state index contributed by atoms with van der Waals surface area (Å²) in [5.41, 5.74) is 4.18. The van der Waals surface area contributed by atoms with Crippen molar-refractivity contribution in [2.75, 3.05) is 5.32 Å². The number of aromatic nitrogens is 2. The molecule has 4 nitrogen and oxygen atoms in total. The van der Waals surface area contributed by atoms with Gasteiger partial charge in [-0.05, 0) is 49.7 Å². The Morgan fingerprint density at radius 1 is 1.19 bits per heavy atom. The number of nitrogens with zero attached hydrogens (tertiary/aromatic N) is 2. The number of carbonyl (C=O) groups excluding carboxylic acids is 1. The van der Waals surface area contributed by atoms with Crippen molar-refractivity contribution in [2.45, 2.75) is 13.8 Å². The Morgan fingerprint density at radius 2 is 2.00 bits per heavy atom. The van der Waals surface area contributed by atoms with Crippen molar-refractivity contribution in [3.8, 4) is 0 Å². The molecule has 0 aliphatic heterocycles. The second-order valence-electron chi connectivity index (χ2n) is 4.98. The van der Waals surface area contributed by atoms with Crippen molar-refractivity contribution in [3.63, 3.8) is 0 Å². The standard InChI is InChI=1S/C16H14BrN3O/c1-10-7-13(17)4-5-14(10)19-16(21)12-3-6-15-18-11(2)8-20(15)9-12/h3-9H,1-2H3,(H,19,21). The summed E-state index contributed by atoms with van der Waals surface area (Å²) < 4.78 is 2.85. The number of fused-ring (bicyclic) bond motifs is 1. The Balaban J connectivity index is 1.89. The third-order valence-electron chi connectivity index (χ3n) is 3.27. The van der Waals surface area contributed by atoms with Crippen LogP contribution in [0.3, 0.4) is 0 Å². The fourth-order valence-corrected chi connectivity index (χ4v) is 2.69. The van der Waals surface area contributed by atoms with Gasteiger partial charge < -0.3 is 9.72 Å². The number of amides is 1. The van der Waals surface area contributed by atoms with Crippen LogP contribution in [-0.2, 0) is 0 Å². The van der Waals surface area contributed by atoms with E-state index in [0.29, 0.717) is 5.56 Å². The lowest BCUT2D eigenvalue weighted by Crippen LogP contribution is -2.13. The van der Waals surface area contributed by atoms with Crippen LogP contribution in [0.2, 0.25) is 0 Å². The van der Waals surface area contributed by atoms with Gasteiger partial charge >= 0.3 is 0 Å². The van der Waals surface area contributed by atoms with Gasteiger partial charge in [-0.25, -0.2) is 4.98 Å². The van der Waals surface area contributed by atoms with Gasteiger partial charge in [0, 0.05) is 22.6 Å². The SMILES string of the molecule is Cc1cn2cc(C(=O)Nc3ccc(Br)cc3C)ccc2n1. The minimum atomic E-state index is -0.131. The van der Waals surface area contributed by atoms with Gasteiger partial charge in [0.2, 0.25) is 0 Å². The van der Waals surface area contributed by atoms with Crippen molar-refractivity contribution >= 4 is 33.2 Å². The monoisotopic (exact) mass is 343 g/mol. The molecule has 0 radical (unpaired) electrons. The minimum Gasteiger partial charge on any atom is -0.322 e. The first-order chi connectivity index (χ1) is 10.0. The van der Waals surface area contributed by atoms with E-state index in [-0.39, 0.29) is 5.91 Å². The van der Waals surface area contributed by atoms with Gasteiger partial charge in [0.1, 0.15) is 5.65 Å². The minimum absolute atomic E-state index is 0.131. The Morgan fingerprint density at radius 3 is 2.76 bits per heavy atom. The van der Waals surface area contributed by atoms with E-state index < -0.39 is 0 Å². The molecule has 0 unspecified atom stereocenters. The smallest absolute Gasteiger partial charge is 0.257 e. The molecule has 0 bridgehead atoms. The van der Waals surface area contributed by atoms with Gasteiger partial charge in [-0.1, -0.05) is 15.9 Å². The van der Waals surface area contributed by atoms with Crippen LogP contribution in [-0.4, -0.2) is 15.3 Å². The topological polar surface area (TPSA) is 46.4 Å². The average molecular weight is 344 g/mol. The number of hydrogen-bond acceptors (Lipinski definition) is 2. The van der Waals surface area contributed by atoms with Gasteiger partial charge in [0.25, 0.3) is 5.91 Å². The van der Waals surface area contributed by atoms with Gasteiger partial charge in [-0.3, -0.25) is 4.79 Å². The lowest BCUT2D eigenvalue weighted by Gasteiger charge is -2.09. The number of imidazole rings is 1. The van der Waals surface area contributed by atoms with Crippen LogP contribution < -0.4 is 5.32 Å². The number of nitrogens with one attached hydrogen (secondary N) is 1. The fraction of sp³-hybridized carbons (Fsp3) is 0.125. The van der Waals surface area contributed by atoms with Gasteiger partial charge in [0.15, 0.2) is 0 Å². The van der Waals surface area contributed by atoms with Crippen LogP contribution in [0.4, 0.5) is 5.69 Å². The first-order valence-electron chi connectivity index (χ1n) is 6.56. The molecular weight excluding hydrogens is 330 g/mol. The van der Waals surface area contributed by atoms with Gasteiger partial charge in [0.05, 0.1) is 11.3 Å². The van der Waals surface area contributed by atoms with Crippen LogP contribution >= 0.6 is 15.9 Å². The van der Waals surface area contributed by atoms with Crippen LogP contribution in [0.1, 0.15) is 21.6 Å². The highest BCUT2D eigenvalue weighted by atomic mass is 79.9. The van der Waals surface area contributed by atoms with Crippen LogP contribution in [0, 0.1) is 13.8 Å². The van der Waals surface area contributed by atoms with Crippen molar-refractivity contribution in [2.24, 2.45) is 0 Å². The zero-order valence-corrected chi connectivity index (χ0v) is 13.3. The summed E-state index contributed by atoms with van der Waals surface area (Å²) in [7, 11) is 0. The summed E-state index contributed by atoms with van der Waals surface area (Å²) in [5.74, 6) is -0.131. The maximum absolute atomic E-state index is 12.3. The number of benzene rings is 1. The van der Waals surface area contributed by atoms with Crippen LogP contribution in [0.15, 0.2) is 47.2 Å². The zero-order chi connectivity index (χ0) is 15.0. The number of aryl methyl sites for hydroxylation is 2. The summed E-state index contributed by atoms with van der Waals surface area (Å²) in [6, 6.07) is 9.39.